The molecule has 2 aromatic rings. The SMILES string of the molecule is CCCCCc1cc(OP(=O)(CCC)N[C@@H](C)C(=O)OC)c(-c2cccc(C)c2)c(OP(=O)(CCC)N[C@@H](C)C(=O)OC)c1. The Morgan fingerprint density at radius 2 is 1.27 bits per heavy atom. The zero-order chi connectivity index (χ0) is 32.9. The smallest absolute Gasteiger partial charge is 0.323 e. The molecule has 10 nitrogen and oxygen atoms in total. The van der Waals surface area contributed by atoms with Gasteiger partial charge in [0.25, 0.3) is 0 Å². The molecule has 0 fully saturated rings. The van der Waals surface area contributed by atoms with Gasteiger partial charge < -0.3 is 18.5 Å². The summed E-state index contributed by atoms with van der Waals surface area (Å²) in [5.41, 5.74) is 3.01. The first-order valence-electron chi connectivity index (χ1n) is 15.4. The van der Waals surface area contributed by atoms with Gasteiger partial charge in [0.05, 0.1) is 19.8 Å². The third-order valence-electron chi connectivity index (χ3n) is 6.92. The molecule has 4 atom stereocenters. The summed E-state index contributed by atoms with van der Waals surface area (Å²) in [6.07, 6.45) is 4.98. The maximum absolute atomic E-state index is 14.3. The first kappa shape index (κ1) is 37.5. The van der Waals surface area contributed by atoms with Gasteiger partial charge in [0.2, 0.25) is 0 Å². The van der Waals surface area contributed by atoms with Crippen LogP contribution in [0.4, 0.5) is 0 Å². The molecule has 44 heavy (non-hydrogen) atoms. The number of nitrogens with one attached hydrogen (secondary N) is 2. The van der Waals surface area contributed by atoms with E-state index in [1.54, 1.807) is 13.8 Å². The van der Waals surface area contributed by atoms with Crippen molar-refractivity contribution in [1.29, 1.82) is 0 Å². The number of methoxy groups -OCH3 is 2. The van der Waals surface area contributed by atoms with Gasteiger partial charge in [0.15, 0.2) is 0 Å². The number of rotatable bonds is 19. The molecule has 0 aromatic heterocycles. The van der Waals surface area contributed by atoms with Gasteiger partial charge in [-0.2, -0.15) is 0 Å². The van der Waals surface area contributed by atoms with Crippen molar-refractivity contribution in [3.63, 3.8) is 0 Å². The second kappa shape index (κ2) is 17.7. The molecule has 0 aliphatic carbocycles. The van der Waals surface area contributed by atoms with Gasteiger partial charge in [-0.05, 0) is 69.7 Å². The van der Waals surface area contributed by atoms with E-state index in [1.165, 1.54) is 14.2 Å². The van der Waals surface area contributed by atoms with Crippen molar-refractivity contribution in [3.8, 4) is 22.6 Å². The Bertz CT molecular complexity index is 1280. The Labute approximate surface area is 263 Å². The molecular weight excluding hydrogens is 602 g/mol. The minimum atomic E-state index is -3.65. The van der Waals surface area contributed by atoms with E-state index in [2.05, 4.69) is 17.1 Å². The van der Waals surface area contributed by atoms with E-state index in [9.17, 15) is 18.7 Å². The number of ether oxygens (including phenoxy) is 2. The van der Waals surface area contributed by atoms with Gasteiger partial charge in [0.1, 0.15) is 23.6 Å². The summed E-state index contributed by atoms with van der Waals surface area (Å²) < 4.78 is 51.1. The van der Waals surface area contributed by atoms with E-state index in [4.69, 9.17) is 18.5 Å². The fraction of sp³-hybridized carbons (Fsp3) is 0.562. The lowest BCUT2D eigenvalue weighted by atomic mass is 9.98. The van der Waals surface area contributed by atoms with Crippen LogP contribution >= 0.6 is 15.0 Å². The summed E-state index contributed by atoms with van der Waals surface area (Å²) in [6.45, 7) is 11.0. The van der Waals surface area contributed by atoms with Crippen LogP contribution < -0.4 is 19.2 Å². The monoisotopic (exact) mass is 652 g/mol. The number of hydrogen-bond donors (Lipinski definition) is 2. The molecule has 0 saturated heterocycles. The molecule has 2 N–H and O–H groups in total. The molecule has 2 unspecified atom stereocenters. The standard InChI is InChI=1S/C32H50N2O8P2/c1-9-12-13-16-26-21-28(41-43(37,18-10-2)33-24(5)31(35)39-7)30(27-17-14-15-23(4)20-27)29(22-26)42-44(38,19-11-3)34-25(6)32(36)40-8/h14-15,17,20-22,24-25H,9-13,16,18-19H2,1-8H3,(H,33,37)(H,34,38)/t24-,25-,43?,44?/m0/s1. The molecular formula is C32H50N2O8P2. The van der Waals surface area contributed by atoms with Crippen LogP contribution in [0.25, 0.3) is 11.1 Å². The second-order valence-electron chi connectivity index (χ2n) is 11.0. The Kier molecular flexibility index (Phi) is 15.1. The molecule has 12 heteroatoms. The van der Waals surface area contributed by atoms with E-state index in [0.717, 1.165) is 30.4 Å². The molecule has 0 amide bonds. The van der Waals surface area contributed by atoms with E-state index in [0.29, 0.717) is 30.4 Å². The largest absolute Gasteiger partial charge is 0.468 e. The van der Waals surface area contributed by atoms with E-state index >= 15 is 0 Å². The number of esters is 2. The van der Waals surface area contributed by atoms with Crippen molar-refractivity contribution in [2.24, 2.45) is 0 Å². The molecule has 0 heterocycles. The zero-order valence-corrected chi connectivity index (χ0v) is 29.2. The third kappa shape index (κ3) is 11.1. The molecule has 2 aromatic carbocycles. The Morgan fingerprint density at radius 3 is 1.68 bits per heavy atom. The topological polar surface area (TPSA) is 129 Å². The molecule has 0 spiro atoms. The number of aryl methyl sites for hydroxylation is 2. The highest BCUT2D eigenvalue weighted by Gasteiger charge is 2.34. The summed E-state index contributed by atoms with van der Waals surface area (Å²) in [4.78, 5) is 24.5. The average molecular weight is 653 g/mol. The first-order chi connectivity index (χ1) is 20.8. The average Bonchev–Trinajstić information content (AvgIpc) is 2.96. The predicted octanol–water partition coefficient (Wildman–Crippen LogP) is 7.66. The fourth-order valence-corrected chi connectivity index (χ4v) is 8.86. The van der Waals surface area contributed by atoms with Gasteiger partial charge in [0, 0.05) is 12.3 Å². The van der Waals surface area contributed by atoms with Crippen LogP contribution in [0, 0.1) is 6.92 Å². The van der Waals surface area contributed by atoms with Crippen molar-refractivity contribution in [2.45, 2.75) is 92.2 Å². The molecule has 2 rings (SSSR count). The fourth-order valence-electron chi connectivity index (χ4n) is 4.83. The van der Waals surface area contributed by atoms with E-state index in [-0.39, 0.29) is 23.8 Å². The summed E-state index contributed by atoms with van der Waals surface area (Å²) in [6, 6.07) is 9.60. The van der Waals surface area contributed by atoms with Crippen LogP contribution in [-0.2, 0) is 34.6 Å². The lowest BCUT2D eigenvalue weighted by Crippen LogP contribution is -2.35. The highest BCUT2D eigenvalue weighted by molar-refractivity contribution is 7.57. The van der Waals surface area contributed by atoms with E-state index in [1.807, 2.05) is 57.2 Å². The summed E-state index contributed by atoms with van der Waals surface area (Å²) in [5.74, 6) is -0.560. The summed E-state index contributed by atoms with van der Waals surface area (Å²) in [5, 5.41) is 5.78. The van der Waals surface area contributed by atoms with Crippen LogP contribution in [0.1, 0.15) is 77.8 Å². The summed E-state index contributed by atoms with van der Waals surface area (Å²) in [7, 11) is -4.76. The number of benzene rings is 2. The van der Waals surface area contributed by atoms with E-state index < -0.39 is 39.1 Å². The minimum Gasteiger partial charge on any atom is -0.468 e. The Balaban J connectivity index is 2.82. The quantitative estimate of drug-likeness (QED) is 0.0886. The van der Waals surface area contributed by atoms with Crippen molar-refractivity contribution >= 4 is 27.0 Å². The predicted molar refractivity (Wildman–Crippen MR) is 176 cm³/mol. The van der Waals surface area contributed by atoms with Gasteiger partial charge in [-0.15, -0.1) is 0 Å². The molecule has 246 valence electrons. The van der Waals surface area contributed by atoms with Crippen molar-refractivity contribution in [3.05, 3.63) is 47.5 Å². The minimum absolute atomic E-state index is 0.157. The molecule has 0 radical (unpaired) electrons. The van der Waals surface area contributed by atoms with Crippen LogP contribution in [0.15, 0.2) is 36.4 Å². The molecule has 0 aliphatic rings. The maximum Gasteiger partial charge on any atom is 0.323 e. The van der Waals surface area contributed by atoms with Crippen molar-refractivity contribution < 1.29 is 37.2 Å². The number of carbonyl (C=O) groups is 2. The Hall–Kier alpha value is -2.64. The highest BCUT2D eigenvalue weighted by Crippen LogP contribution is 2.53. The third-order valence-corrected chi connectivity index (χ3v) is 11.5. The number of unbranched alkanes of at least 4 members (excludes halogenated alkanes) is 2. The van der Waals surface area contributed by atoms with Gasteiger partial charge in [-0.25, -0.2) is 10.2 Å². The highest BCUT2D eigenvalue weighted by atomic mass is 31.2. The van der Waals surface area contributed by atoms with Crippen LogP contribution in [-0.4, -0.2) is 50.6 Å². The zero-order valence-electron chi connectivity index (χ0n) is 27.4. The molecule has 0 aliphatic heterocycles. The maximum atomic E-state index is 14.3. The molecule has 0 saturated carbocycles. The molecule has 0 bridgehead atoms. The van der Waals surface area contributed by atoms with Crippen LogP contribution in [0.2, 0.25) is 0 Å². The first-order valence-corrected chi connectivity index (χ1v) is 19.0. The summed E-state index contributed by atoms with van der Waals surface area (Å²) >= 11 is 0. The number of hydrogen-bond acceptors (Lipinski definition) is 8. The van der Waals surface area contributed by atoms with Gasteiger partial charge in [-0.3, -0.25) is 18.7 Å². The normalized spacial score (nSPS) is 15.4. The van der Waals surface area contributed by atoms with Crippen molar-refractivity contribution in [1.82, 2.24) is 10.2 Å². The van der Waals surface area contributed by atoms with Gasteiger partial charge in [-0.1, -0.05) is 63.4 Å². The van der Waals surface area contributed by atoms with Gasteiger partial charge >= 0.3 is 27.0 Å². The Morgan fingerprint density at radius 1 is 0.773 bits per heavy atom. The van der Waals surface area contributed by atoms with Crippen LogP contribution in [0.3, 0.4) is 0 Å². The second-order valence-corrected chi connectivity index (χ2v) is 15.5. The lowest BCUT2D eigenvalue weighted by Gasteiger charge is -2.28. The van der Waals surface area contributed by atoms with Crippen molar-refractivity contribution in [2.75, 3.05) is 26.5 Å². The van der Waals surface area contributed by atoms with Crippen LogP contribution in [0.5, 0.6) is 11.5 Å². The number of carbonyl (C=O) groups excluding carboxylic acids is 2. The lowest BCUT2D eigenvalue weighted by molar-refractivity contribution is -0.143.